The first-order valence-corrected chi connectivity index (χ1v) is 16.5. The number of rotatable bonds is 13. The van der Waals surface area contributed by atoms with Gasteiger partial charge < -0.3 is 14.6 Å². The molecule has 0 saturated carbocycles. The molecular weight excluding hydrogens is 664 g/mol. The van der Waals surface area contributed by atoms with E-state index in [1.165, 1.54) is 54.2 Å². The maximum Gasteiger partial charge on any atom is 0.335 e. The molecule has 2 aromatic heterocycles. The number of anilines is 1. The Hall–Kier alpha value is -5.51. The van der Waals surface area contributed by atoms with Gasteiger partial charge in [0.15, 0.2) is 5.78 Å². The van der Waals surface area contributed by atoms with Gasteiger partial charge in [-0.15, -0.1) is 0 Å². The van der Waals surface area contributed by atoms with Gasteiger partial charge in [0.25, 0.3) is 21.5 Å². The topological polar surface area (TPSA) is 176 Å². The van der Waals surface area contributed by atoms with E-state index in [2.05, 4.69) is 10.3 Å². The SMILES string of the molecule is CCCC(=O)c1ccc(S(=O)(=O)Nc2cc(F)c(C(=O)N[C@@H](Cc3ccc(-n4c(=O)ccn(C)c4=O)cc3)C(=O)OC(C)C)c(F)c2)cn1. The fraction of sp³-hybridized carbons (Fsp3) is 0.273. The molecule has 258 valence electrons. The number of carbonyl (C=O) groups excluding carboxylic acids is 3. The van der Waals surface area contributed by atoms with Crippen LogP contribution in [0.2, 0.25) is 0 Å². The second-order valence-electron chi connectivity index (χ2n) is 11.2. The molecule has 4 rings (SSSR count). The number of carbonyl (C=O) groups is 3. The number of ether oxygens (including phenoxy) is 1. The molecule has 49 heavy (non-hydrogen) atoms. The molecule has 0 fully saturated rings. The van der Waals surface area contributed by atoms with Crippen molar-refractivity contribution in [2.24, 2.45) is 7.05 Å². The highest BCUT2D eigenvalue weighted by atomic mass is 32.2. The normalized spacial score (nSPS) is 12.0. The minimum Gasteiger partial charge on any atom is -0.461 e. The van der Waals surface area contributed by atoms with E-state index in [4.69, 9.17) is 4.74 Å². The average molecular weight is 698 g/mol. The van der Waals surface area contributed by atoms with Crippen LogP contribution < -0.4 is 21.3 Å². The Balaban J connectivity index is 1.54. The third kappa shape index (κ3) is 8.70. The van der Waals surface area contributed by atoms with Gasteiger partial charge in [-0.2, -0.15) is 0 Å². The second-order valence-corrected chi connectivity index (χ2v) is 12.9. The van der Waals surface area contributed by atoms with Crippen molar-refractivity contribution in [2.75, 3.05) is 4.72 Å². The van der Waals surface area contributed by atoms with Gasteiger partial charge >= 0.3 is 11.7 Å². The zero-order valence-corrected chi connectivity index (χ0v) is 27.7. The standard InChI is InChI=1S/C33H33F2N5O8S/c1-5-6-28(41)26-12-11-23(18-36-26)49(46,47)38-21-16-24(34)30(25(35)17-21)31(43)37-27(32(44)48-19(2)3)15-20-7-9-22(10-8-20)40-29(42)13-14-39(4)33(40)45/h7-14,16-19,27,38H,5-6,15H2,1-4H3,(H,37,43)/t27-/m0/s1. The van der Waals surface area contributed by atoms with E-state index in [-0.39, 0.29) is 34.9 Å². The van der Waals surface area contributed by atoms with E-state index in [9.17, 15) is 32.4 Å². The molecular formula is C33H33F2N5O8S. The summed E-state index contributed by atoms with van der Waals surface area (Å²) in [7, 11) is -2.91. The van der Waals surface area contributed by atoms with Crippen LogP contribution in [-0.4, -0.2) is 52.3 Å². The van der Waals surface area contributed by atoms with E-state index in [1.54, 1.807) is 20.8 Å². The molecule has 1 atom stereocenters. The molecule has 2 heterocycles. The van der Waals surface area contributed by atoms with Gasteiger partial charge in [0.1, 0.15) is 33.8 Å². The molecule has 0 saturated heterocycles. The minimum absolute atomic E-state index is 0.0666. The summed E-state index contributed by atoms with van der Waals surface area (Å²) in [5, 5.41) is 2.28. The van der Waals surface area contributed by atoms with Crippen molar-refractivity contribution in [2.45, 2.75) is 57.1 Å². The van der Waals surface area contributed by atoms with Crippen molar-refractivity contribution in [3.05, 3.63) is 116 Å². The maximum atomic E-state index is 15.2. The lowest BCUT2D eigenvalue weighted by Crippen LogP contribution is -2.44. The quantitative estimate of drug-likeness (QED) is 0.157. The molecule has 0 unspecified atom stereocenters. The van der Waals surface area contributed by atoms with Crippen LogP contribution in [-0.2, 0) is 33.0 Å². The second kappa shape index (κ2) is 15.1. The van der Waals surface area contributed by atoms with Crippen LogP contribution >= 0.6 is 0 Å². The van der Waals surface area contributed by atoms with Gasteiger partial charge in [0.05, 0.1) is 17.5 Å². The molecule has 1 amide bonds. The fourth-order valence-electron chi connectivity index (χ4n) is 4.68. The molecule has 0 aliphatic heterocycles. The van der Waals surface area contributed by atoms with Crippen LogP contribution in [0.15, 0.2) is 81.5 Å². The summed E-state index contributed by atoms with van der Waals surface area (Å²) in [6, 6.07) is 9.26. The predicted octanol–water partition coefficient (Wildman–Crippen LogP) is 3.29. The molecule has 0 aliphatic rings. The number of aromatic nitrogens is 3. The Labute approximate surface area is 279 Å². The van der Waals surface area contributed by atoms with Crippen LogP contribution in [0.25, 0.3) is 5.69 Å². The number of benzene rings is 2. The van der Waals surface area contributed by atoms with Crippen LogP contribution in [0.3, 0.4) is 0 Å². The zero-order valence-electron chi connectivity index (χ0n) is 26.9. The van der Waals surface area contributed by atoms with E-state index in [1.807, 2.05) is 4.72 Å². The highest BCUT2D eigenvalue weighted by Crippen LogP contribution is 2.23. The molecule has 13 nitrogen and oxygen atoms in total. The number of nitrogens with zero attached hydrogens (tertiary/aromatic N) is 3. The number of amides is 1. The van der Waals surface area contributed by atoms with E-state index in [0.717, 1.165) is 16.8 Å². The molecule has 0 radical (unpaired) electrons. The van der Waals surface area contributed by atoms with Crippen LogP contribution in [0.5, 0.6) is 0 Å². The lowest BCUT2D eigenvalue weighted by molar-refractivity contribution is -0.149. The largest absolute Gasteiger partial charge is 0.461 e. The predicted molar refractivity (Wildman–Crippen MR) is 174 cm³/mol. The van der Waals surface area contributed by atoms with E-state index >= 15 is 8.78 Å². The van der Waals surface area contributed by atoms with Crippen molar-refractivity contribution in [3.8, 4) is 5.69 Å². The zero-order chi connectivity index (χ0) is 36.0. The Morgan fingerprint density at radius 2 is 1.63 bits per heavy atom. The molecule has 2 N–H and O–H groups in total. The lowest BCUT2D eigenvalue weighted by atomic mass is 10.0. The van der Waals surface area contributed by atoms with E-state index < -0.39 is 68.2 Å². The number of hydrogen-bond donors (Lipinski definition) is 2. The van der Waals surface area contributed by atoms with Crippen LogP contribution in [0.4, 0.5) is 14.5 Å². The summed E-state index contributed by atoms with van der Waals surface area (Å²) < 4.78 is 65.5. The number of nitrogens with one attached hydrogen (secondary N) is 2. The number of esters is 1. The summed E-state index contributed by atoms with van der Waals surface area (Å²) in [5.41, 5.74) is -2.01. The van der Waals surface area contributed by atoms with Crippen LogP contribution in [0.1, 0.15) is 60.0 Å². The van der Waals surface area contributed by atoms with Gasteiger partial charge in [0, 0.05) is 38.3 Å². The summed E-state index contributed by atoms with van der Waals surface area (Å²) in [5.74, 6) is -5.35. The van der Waals surface area contributed by atoms with Crippen molar-refractivity contribution < 1.29 is 36.3 Å². The first-order chi connectivity index (χ1) is 23.1. The van der Waals surface area contributed by atoms with Gasteiger partial charge in [-0.3, -0.25) is 24.1 Å². The van der Waals surface area contributed by atoms with Crippen molar-refractivity contribution in [1.29, 1.82) is 0 Å². The molecule has 4 aromatic rings. The molecule has 0 bridgehead atoms. The number of sulfonamides is 1. The summed E-state index contributed by atoms with van der Waals surface area (Å²) in [4.78, 5) is 66.3. The summed E-state index contributed by atoms with van der Waals surface area (Å²) in [6.45, 7) is 4.94. The van der Waals surface area contributed by atoms with Crippen molar-refractivity contribution in [1.82, 2.24) is 19.4 Å². The third-order valence-corrected chi connectivity index (χ3v) is 8.43. The summed E-state index contributed by atoms with van der Waals surface area (Å²) >= 11 is 0. The number of hydrogen-bond acceptors (Lipinski definition) is 9. The monoisotopic (exact) mass is 697 g/mol. The lowest BCUT2D eigenvalue weighted by Gasteiger charge is -2.20. The highest BCUT2D eigenvalue weighted by molar-refractivity contribution is 7.92. The smallest absolute Gasteiger partial charge is 0.335 e. The molecule has 0 spiro atoms. The Morgan fingerprint density at radius 3 is 2.20 bits per heavy atom. The number of ketones is 1. The van der Waals surface area contributed by atoms with Crippen molar-refractivity contribution >= 4 is 33.4 Å². The third-order valence-electron chi connectivity index (χ3n) is 7.06. The number of aryl methyl sites for hydroxylation is 1. The van der Waals surface area contributed by atoms with Gasteiger partial charge in [-0.1, -0.05) is 19.1 Å². The van der Waals surface area contributed by atoms with Crippen LogP contribution in [0, 0.1) is 11.6 Å². The Kier molecular flexibility index (Phi) is 11.2. The Morgan fingerprint density at radius 1 is 0.980 bits per heavy atom. The molecule has 2 aromatic carbocycles. The molecule has 0 aliphatic carbocycles. The molecule has 16 heteroatoms. The number of Topliss-reactive ketones (excluding diaryl/α,β-unsaturated/α-hetero) is 1. The minimum atomic E-state index is -4.40. The van der Waals surface area contributed by atoms with Gasteiger partial charge in [-0.05, 0) is 62.2 Å². The summed E-state index contributed by atoms with van der Waals surface area (Å²) in [6.07, 6.45) is 2.28. The number of pyridine rings is 1. The van der Waals surface area contributed by atoms with Crippen molar-refractivity contribution in [3.63, 3.8) is 0 Å². The van der Waals surface area contributed by atoms with E-state index in [0.29, 0.717) is 24.1 Å². The first kappa shape index (κ1) is 36.3. The van der Waals surface area contributed by atoms with Gasteiger partial charge in [-0.25, -0.2) is 31.4 Å². The average Bonchev–Trinajstić information content (AvgIpc) is 3.03. The van der Waals surface area contributed by atoms with Gasteiger partial charge in [0.2, 0.25) is 0 Å². The Bertz CT molecular complexity index is 2090. The fourth-order valence-corrected chi connectivity index (χ4v) is 5.67. The number of halogens is 2. The highest BCUT2D eigenvalue weighted by Gasteiger charge is 2.28. The maximum absolute atomic E-state index is 15.2. The first-order valence-electron chi connectivity index (χ1n) is 15.0.